The molecule has 0 radical (unpaired) electrons. The molecule has 3 N–H and O–H groups in total. The Bertz CT molecular complexity index is 1060. The Morgan fingerprint density at radius 1 is 1.15 bits per heavy atom. The minimum atomic E-state index is -3.62. The topological polar surface area (TPSA) is 130 Å². The number of rotatable bonds is 5. The van der Waals surface area contributed by atoms with Crippen molar-refractivity contribution >= 4 is 21.6 Å². The molecule has 1 amide bonds. The van der Waals surface area contributed by atoms with Crippen molar-refractivity contribution in [3.05, 3.63) is 59.7 Å². The molecule has 1 atom stereocenters. The van der Waals surface area contributed by atoms with E-state index in [4.69, 9.17) is 0 Å². The molecule has 0 saturated carbocycles. The van der Waals surface area contributed by atoms with Crippen LogP contribution >= 0.6 is 0 Å². The minimum Gasteiger partial charge on any atom is -0.381 e. The molecule has 1 aromatic heterocycles. The summed E-state index contributed by atoms with van der Waals surface area (Å²) in [6, 6.07) is 14.8. The van der Waals surface area contributed by atoms with E-state index in [2.05, 4.69) is 25.9 Å². The Labute approximate surface area is 155 Å². The van der Waals surface area contributed by atoms with Gasteiger partial charge in [-0.1, -0.05) is 36.4 Å². The van der Waals surface area contributed by atoms with Crippen molar-refractivity contribution in [3.8, 4) is 11.4 Å². The van der Waals surface area contributed by atoms with Gasteiger partial charge in [-0.2, -0.15) is 5.21 Å². The molecule has 1 fully saturated rings. The molecule has 10 heteroatoms. The first-order chi connectivity index (χ1) is 13.0. The van der Waals surface area contributed by atoms with Crippen LogP contribution in [-0.2, 0) is 21.4 Å². The lowest BCUT2D eigenvalue weighted by atomic mass is 10.1. The monoisotopic (exact) mass is 384 g/mol. The third-order valence-electron chi connectivity index (χ3n) is 4.32. The van der Waals surface area contributed by atoms with Gasteiger partial charge in [0.1, 0.15) is 5.25 Å². The molecule has 1 saturated heterocycles. The summed E-state index contributed by atoms with van der Waals surface area (Å²) < 4.78 is 25.9. The van der Waals surface area contributed by atoms with E-state index in [1.807, 2.05) is 41.1 Å². The smallest absolute Gasteiger partial charge is 0.242 e. The summed E-state index contributed by atoms with van der Waals surface area (Å²) in [7, 11) is -3.62. The predicted octanol–water partition coefficient (Wildman–Crippen LogP) is 1.37. The van der Waals surface area contributed by atoms with Crippen molar-refractivity contribution in [2.75, 3.05) is 5.32 Å². The molecule has 1 aliphatic rings. The molecule has 138 valence electrons. The van der Waals surface area contributed by atoms with Gasteiger partial charge in [-0.05, 0) is 28.5 Å². The summed E-state index contributed by atoms with van der Waals surface area (Å²) >= 11 is 0. The van der Waals surface area contributed by atoms with Crippen molar-refractivity contribution < 1.29 is 13.2 Å². The van der Waals surface area contributed by atoms with Crippen LogP contribution in [0.25, 0.3) is 11.4 Å². The lowest BCUT2D eigenvalue weighted by molar-refractivity contribution is -0.118. The molecular weight excluding hydrogens is 368 g/mol. The maximum Gasteiger partial charge on any atom is 0.242 e. The molecule has 0 aliphatic carbocycles. The van der Waals surface area contributed by atoms with Gasteiger partial charge in [-0.3, -0.25) is 9.52 Å². The summed E-state index contributed by atoms with van der Waals surface area (Å²) in [6.07, 6.45) is -0.0389. The van der Waals surface area contributed by atoms with E-state index in [1.165, 1.54) is 0 Å². The highest BCUT2D eigenvalue weighted by Gasteiger charge is 2.37. The second kappa shape index (κ2) is 6.80. The fourth-order valence-electron chi connectivity index (χ4n) is 2.95. The zero-order valence-electron chi connectivity index (χ0n) is 14.1. The Morgan fingerprint density at radius 3 is 2.63 bits per heavy atom. The van der Waals surface area contributed by atoms with Crippen molar-refractivity contribution in [3.63, 3.8) is 0 Å². The molecule has 1 unspecified atom stereocenters. The quantitative estimate of drug-likeness (QED) is 0.606. The zero-order chi connectivity index (χ0) is 18.9. The number of carbonyl (C=O) groups excluding carboxylic acids is 1. The third kappa shape index (κ3) is 3.65. The number of nitrogens with one attached hydrogen (secondary N) is 3. The lowest BCUT2D eigenvalue weighted by Gasteiger charge is -2.10. The summed E-state index contributed by atoms with van der Waals surface area (Å²) in [5.41, 5.74) is 3.33. The van der Waals surface area contributed by atoms with Crippen LogP contribution < -0.4 is 10.0 Å². The van der Waals surface area contributed by atoms with E-state index >= 15 is 0 Å². The number of carbonyl (C=O) groups is 1. The van der Waals surface area contributed by atoms with Crippen molar-refractivity contribution in [2.45, 2.75) is 18.2 Å². The Morgan fingerprint density at radius 2 is 1.96 bits per heavy atom. The van der Waals surface area contributed by atoms with Crippen molar-refractivity contribution in [1.29, 1.82) is 0 Å². The van der Waals surface area contributed by atoms with Crippen LogP contribution in [0.2, 0.25) is 0 Å². The maximum absolute atomic E-state index is 11.9. The molecule has 2 heterocycles. The number of nitrogens with zero attached hydrogens (tertiary/aromatic N) is 3. The van der Waals surface area contributed by atoms with Crippen LogP contribution in [-0.4, -0.2) is 34.9 Å². The lowest BCUT2D eigenvalue weighted by Crippen LogP contribution is -2.21. The van der Waals surface area contributed by atoms with Gasteiger partial charge in [0.15, 0.2) is 0 Å². The van der Waals surface area contributed by atoms with Gasteiger partial charge in [0.25, 0.3) is 0 Å². The number of aromatic amines is 1. The van der Waals surface area contributed by atoms with E-state index in [0.29, 0.717) is 17.9 Å². The largest absolute Gasteiger partial charge is 0.381 e. The molecule has 9 nitrogen and oxygen atoms in total. The summed E-state index contributed by atoms with van der Waals surface area (Å²) in [4.78, 5) is 11.4. The van der Waals surface area contributed by atoms with Crippen LogP contribution in [0, 0.1) is 0 Å². The first-order valence-electron chi connectivity index (χ1n) is 8.22. The van der Waals surface area contributed by atoms with E-state index in [0.717, 1.165) is 16.8 Å². The van der Waals surface area contributed by atoms with E-state index in [1.54, 1.807) is 12.1 Å². The second-order valence-electron chi connectivity index (χ2n) is 6.17. The molecule has 27 heavy (non-hydrogen) atoms. The number of amides is 1. The predicted molar refractivity (Wildman–Crippen MR) is 97.8 cm³/mol. The normalized spacial score (nSPS) is 18.2. The Hall–Kier alpha value is -3.27. The van der Waals surface area contributed by atoms with Crippen LogP contribution in [0.3, 0.4) is 0 Å². The standard InChI is InChI=1S/C17H16N6O3S/c24-16-9-15(27(25,26)21-16)12-6-4-11(5-7-12)10-18-14-3-1-2-13(8-14)17-19-22-23-20-17/h1-8,15,18H,9-10H2,(H,21,24)(H,19,20,22,23). The third-order valence-corrected chi connectivity index (χ3v) is 6.02. The van der Waals surface area contributed by atoms with Crippen LogP contribution in [0.15, 0.2) is 48.5 Å². The number of H-pyrrole nitrogens is 1. The Balaban J connectivity index is 1.44. The first-order valence-corrected chi connectivity index (χ1v) is 9.77. The zero-order valence-corrected chi connectivity index (χ0v) is 14.9. The number of aromatic nitrogens is 4. The fourth-order valence-corrected chi connectivity index (χ4v) is 4.38. The minimum absolute atomic E-state index is 0.0389. The van der Waals surface area contributed by atoms with Gasteiger partial charge in [-0.25, -0.2) is 8.42 Å². The number of sulfonamides is 1. The summed E-state index contributed by atoms with van der Waals surface area (Å²) in [6.45, 7) is 0.560. The second-order valence-corrected chi connectivity index (χ2v) is 8.04. The molecule has 2 aromatic carbocycles. The highest BCUT2D eigenvalue weighted by molar-refractivity contribution is 7.90. The van der Waals surface area contributed by atoms with Gasteiger partial charge in [0.2, 0.25) is 21.8 Å². The van der Waals surface area contributed by atoms with E-state index in [-0.39, 0.29) is 6.42 Å². The van der Waals surface area contributed by atoms with Crippen LogP contribution in [0.5, 0.6) is 0 Å². The van der Waals surface area contributed by atoms with Crippen molar-refractivity contribution in [2.24, 2.45) is 0 Å². The van der Waals surface area contributed by atoms with E-state index < -0.39 is 21.2 Å². The van der Waals surface area contributed by atoms with Crippen molar-refractivity contribution in [1.82, 2.24) is 25.3 Å². The Kier molecular flexibility index (Phi) is 4.32. The van der Waals surface area contributed by atoms with Crippen LogP contribution in [0.1, 0.15) is 22.8 Å². The number of anilines is 1. The highest BCUT2D eigenvalue weighted by atomic mass is 32.2. The van der Waals surface area contributed by atoms with Crippen LogP contribution in [0.4, 0.5) is 5.69 Å². The summed E-state index contributed by atoms with van der Waals surface area (Å²) in [5, 5.41) is 16.4. The molecule has 1 aliphatic heterocycles. The van der Waals surface area contributed by atoms with Gasteiger partial charge in [0.05, 0.1) is 6.42 Å². The van der Waals surface area contributed by atoms with Gasteiger partial charge >= 0.3 is 0 Å². The number of hydrogen-bond acceptors (Lipinski definition) is 7. The molecule has 0 bridgehead atoms. The molecule has 3 aromatic rings. The average Bonchev–Trinajstić information content (AvgIpc) is 3.28. The number of hydrogen-bond donors (Lipinski definition) is 3. The van der Waals surface area contributed by atoms with E-state index in [9.17, 15) is 13.2 Å². The van der Waals surface area contributed by atoms with Gasteiger partial charge < -0.3 is 5.32 Å². The SMILES string of the molecule is O=C1CC(c2ccc(CNc3cccc(-c4nn[nH]n4)c3)cc2)S(=O)(=O)N1. The fraction of sp³-hybridized carbons (Fsp3) is 0.176. The number of tetrazole rings is 1. The van der Waals surface area contributed by atoms with Gasteiger partial charge in [-0.15, -0.1) is 10.2 Å². The average molecular weight is 384 g/mol. The maximum atomic E-state index is 11.9. The first kappa shape index (κ1) is 17.2. The summed E-state index contributed by atoms with van der Waals surface area (Å²) in [5.74, 6) is 0.0520. The molecule has 0 spiro atoms. The number of benzene rings is 2. The molecule has 4 rings (SSSR count). The van der Waals surface area contributed by atoms with Gasteiger partial charge in [0, 0.05) is 17.8 Å². The highest BCUT2D eigenvalue weighted by Crippen LogP contribution is 2.30. The molecular formula is C17H16N6O3S.